The summed E-state index contributed by atoms with van der Waals surface area (Å²) in [6.07, 6.45) is 3.14. The number of aromatic amines is 1. The molecule has 1 amide bonds. The Morgan fingerprint density at radius 1 is 1.47 bits per heavy atom. The molecule has 0 spiro atoms. The highest BCUT2D eigenvalue weighted by Gasteiger charge is 2.19. The monoisotopic (exact) mass is 283 g/mol. The van der Waals surface area contributed by atoms with Crippen LogP contribution in [0, 0.1) is 6.92 Å². The van der Waals surface area contributed by atoms with Gasteiger partial charge in [-0.2, -0.15) is 0 Å². The van der Waals surface area contributed by atoms with Crippen molar-refractivity contribution in [2.24, 2.45) is 0 Å². The maximum absolute atomic E-state index is 12.0. The van der Waals surface area contributed by atoms with Gasteiger partial charge in [0.1, 0.15) is 5.15 Å². The Kier molecular flexibility index (Phi) is 4.61. The molecule has 1 aliphatic rings. The topological polar surface area (TPSA) is 65.2 Å². The lowest BCUT2D eigenvalue weighted by atomic mass is 10.1. The highest BCUT2D eigenvalue weighted by molar-refractivity contribution is 6.33. The summed E-state index contributed by atoms with van der Waals surface area (Å²) in [5.41, 5.74) is 1.32. The van der Waals surface area contributed by atoms with Crippen LogP contribution in [0.2, 0.25) is 5.15 Å². The van der Waals surface area contributed by atoms with Crippen molar-refractivity contribution >= 4 is 23.8 Å². The molecule has 2 heterocycles. The van der Waals surface area contributed by atoms with Crippen LogP contribution in [0.5, 0.6) is 0 Å². The van der Waals surface area contributed by atoms with Gasteiger partial charge in [-0.1, -0.05) is 11.6 Å². The zero-order valence-corrected chi connectivity index (χ0v) is 11.7. The molecule has 2 rings (SSSR count). The van der Waals surface area contributed by atoms with Crippen molar-refractivity contribution < 1.29 is 9.59 Å². The number of amides is 1. The van der Waals surface area contributed by atoms with Gasteiger partial charge < -0.3 is 15.2 Å². The summed E-state index contributed by atoms with van der Waals surface area (Å²) in [6.45, 7) is 5.37. The maximum Gasteiger partial charge on any atom is 0.254 e. The second-order valence-corrected chi connectivity index (χ2v) is 5.15. The largest absolute Gasteiger partial charge is 0.351 e. The fourth-order valence-corrected chi connectivity index (χ4v) is 2.71. The number of carbonyl (C=O) groups excluding carboxylic acids is 2. The number of aldehydes is 1. The quantitative estimate of drug-likeness (QED) is 0.807. The van der Waals surface area contributed by atoms with E-state index in [-0.39, 0.29) is 11.1 Å². The summed E-state index contributed by atoms with van der Waals surface area (Å²) < 4.78 is 0. The average Bonchev–Trinajstić information content (AvgIpc) is 2.97. The first kappa shape index (κ1) is 14.1. The number of nitrogens with zero attached hydrogens (tertiary/aromatic N) is 1. The van der Waals surface area contributed by atoms with Crippen molar-refractivity contribution in [2.45, 2.75) is 19.8 Å². The summed E-state index contributed by atoms with van der Waals surface area (Å²) in [4.78, 5) is 27.8. The van der Waals surface area contributed by atoms with Gasteiger partial charge in [0.25, 0.3) is 5.91 Å². The van der Waals surface area contributed by atoms with Crippen molar-refractivity contribution in [3.05, 3.63) is 22.0 Å². The lowest BCUT2D eigenvalue weighted by Crippen LogP contribution is -2.33. The number of nitrogens with one attached hydrogen (secondary N) is 2. The molecule has 0 aliphatic carbocycles. The van der Waals surface area contributed by atoms with E-state index in [1.54, 1.807) is 6.92 Å². The van der Waals surface area contributed by atoms with Gasteiger partial charge in [0, 0.05) is 13.1 Å². The zero-order chi connectivity index (χ0) is 13.8. The predicted octanol–water partition coefficient (Wildman–Crippen LogP) is 1.61. The first-order valence-electron chi connectivity index (χ1n) is 6.47. The number of carbonyl (C=O) groups is 2. The van der Waals surface area contributed by atoms with E-state index < -0.39 is 0 Å². The lowest BCUT2D eigenvalue weighted by Gasteiger charge is -2.14. The molecule has 0 bridgehead atoms. The summed E-state index contributed by atoms with van der Waals surface area (Å²) >= 11 is 5.94. The molecule has 0 radical (unpaired) electrons. The van der Waals surface area contributed by atoms with Gasteiger partial charge in [-0.3, -0.25) is 9.59 Å². The predicted molar refractivity (Wildman–Crippen MR) is 73.9 cm³/mol. The van der Waals surface area contributed by atoms with E-state index in [0.29, 0.717) is 29.7 Å². The average molecular weight is 284 g/mol. The number of aromatic nitrogens is 1. The number of rotatable bonds is 5. The molecular formula is C13H18ClN3O2. The van der Waals surface area contributed by atoms with Gasteiger partial charge in [0.15, 0.2) is 6.29 Å². The van der Waals surface area contributed by atoms with Crippen LogP contribution in [0.4, 0.5) is 0 Å². The third-order valence-corrected chi connectivity index (χ3v) is 3.78. The van der Waals surface area contributed by atoms with Crippen molar-refractivity contribution in [1.82, 2.24) is 15.2 Å². The minimum absolute atomic E-state index is 0.221. The number of hydrogen-bond acceptors (Lipinski definition) is 3. The van der Waals surface area contributed by atoms with Gasteiger partial charge in [0.05, 0.1) is 11.3 Å². The van der Waals surface area contributed by atoms with Crippen LogP contribution >= 0.6 is 11.6 Å². The Morgan fingerprint density at radius 3 is 2.74 bits per heavy atom. The first-order valence-corrected chi connectivity index (χ1v) is 6.85. The molecule has 0 atom stereocenters. The molecule has 0 aromatic carbocycles. The molecule has 19 heavy (non-hydrogen) atoms. The molecule has 0 unspecified atom stereocenters. The molecular weight excluding hydrogens is 266 g/mol. The van der Waals surface area contributed by atoms with E-state index >= 15 is 0 Å². The normalized spacial score (nSPS) is 15.7. The highest BCUT2D eigenvalue weighted by Crippen LogP contribution is 2.21. The van der Waals surface area contributed by atoms with E-state index in [1.807, 2.05) is 0 Å². The van der Waals surface area contributed by atoms with Crippen molar-refractivity contribution in [3.63, 3.8) is 0 Å². The van der Waals surface area contributed by atoms with E-state index in [4.69, 9.17) is 11.6 Å². The fourth-order valence-electron chi connectivity index (χ4n) is 2.38. The van der Waals surface area contributed by atoms with Crippen LogP contribution in [0.25, 0.3) is 0 Å². The molecule has 1 aromatic heterocycles. The Balaban J connectivity index is 1.92. The molecule has 1 saturated heterocycles. The first-order chi connectivity index (χ1) is 9.13. The smallest absolute Gasteiger partial charge is 0.254 e. The SMILES string of the molecule is Cc1c(C=O)[nH]c(Cl)c1C(=O)NCCN1CCCC1. The second-order valence-electron chi connectivity index (χ2n) is 4.78. The Hall–Kier alpha value is -1.33. The van der Waals surface area contributed by atoms with Crippen LogP contribution in [0.15, 0.2) is 0 Å². The molecule has 1 aromatic rings. The molecule has 1 aliphatic heterocycles. The van der Waals surface area contributed by atoms with E-state index in [9.17, 15) is 9.59 Å². The van der Waals surface area contributed by atoms with Crippen molar-refractivity contribution in [1.29, 1.82) is 0 Å². The van der Waals surface area contributed by atoms with Gasteiger partial charge in [-0.25, -0.2) is 0 Å². The standard InChI is InChI=1S/C13H18ClN3O2/c1-9-10(8-18)16-12(14)11(9)13(19)15-4-7-17-5-2-3-6-17/h8,16H,2-7H2,1H3,(H,15,19). The van der Waals surface area contributed by atoms with Crippen molar-refractivity contribution in [2.75, 3.05) is 26.2 Å². The zero-order valence-electron chi connectivity index (χ0n) is 11.0. The third kappa shape index (κ3) is 3.16. The number of H-pyrrole nitrogens is 1. The van der Waals surface area contributed by atoms with Gasteiger partial charge in [-0.05, 0) is 38.4 Å². The van der Waals surface area contributed by atoms with Crippen LogP contribution in [-0.2, 0) is 0 Å². The van der Waals surface area contributed by atoms with Crippen LogP contribution < -0.4 is 5.32 Å². The highest BCUT2D eigenvalue weighted by atomic mass is 35.5. The van der Waals surface area contributed by atoms with Crippen LogP contribution in [0.3, 0.4) is 0 Å². The fraction of sp³-hybridized carbons (Fsp3) is 0.538. The van der Waals surface area contributed by atoms with E-state index in [1.165, 1.54) is 12.8 Å². The van der Waals surface area contributed by atoms with Crippen LogP contribution in [0.1, 0.15) is 39.3 Å². The summed E-state index contributed by atoms with van der Waals surface area (Å²) in [5, 5.41) is 3.06. The van der Waals surface area contributed by atoms with E-state index in [0.717, 1.165) is 19.6 Å². The Morgan fingerprint density at radius 2 is 2.16 bits per heavy atom. The molecule has 6 heteroatoms. The Labute approximate surface area is 117 Å². The summed E-state index contributed by atoms with van der Waals surface area (Å²) in [5.74, 6) is -0.231. The van der Waals surface area contributed by atoms with E-state index in [2.05, 4.69) is 15.2 Å². The van der Waals surface area contributed by atoms with Gasteiger partial charge in [0.2, 0.25) is 0 Å². The molecule has 5 nitrogen and oxygen atoms in total. The van der Waals surface area contributed by atoms with Crippen molar-refractivity contribution in [3.8, 4) is 0 Å². The molecule has 1 fully saturated rings. The summed E-state index contributed by atoms with van der Waals surface area (Å²) in [6, 6.07) is 0. The number of hydrogen-bond donors (Lipinski definition) is 2. The number of halogens is 1. The molecule has 104 valence electrons. The van der Waals surface area contributed by atoms with Crippen LogP contribution in [-0.4, -0.2) is 48.3 Å². The summed E-state index contributed by atoms with van der Waals surface area (Å²) in [7, 11) is 0. The maximum atomic E-state index is 12.0. The van der Waals surface area contributed by atoms with Gasteiger partial charge in [-0.15, -0.1) is 0 Å². The molecule has 2 N–H and O–H groups in total. The number of likely N-dealkylation sites (tertiary alicyclic amines) is 1. The minimum atomic E-state index is -0.231. The Bertz CT molecular complexity index is 478. The second kappa shape index (κ2) is 6.21. The minimum Gasteiger partial charge on any atom is -0.351 e. The lowest BCUT2D eigenvalue weighted by molar-refractivity contribution is 0.0949. The molecule has 0 saturated carbocycles. The third-order valence-electron chi connectivity index (χ3n) is 3.50. The van der Waals surface area contributed by atoms with Gasteiger partial charge >= 0.3 is 0 Å².